The Balaban J connectivity index is 1.51. The van der Waals surface area contributed by atoms with Gasteiger partial charge in [-0.25, -0.2) is 0 Å². The van der Waals surface area contributed by atoms with Crippen LogP contribution in [0, 0.1) is 6.92 Å². The van der Waals surface area contributed by atoms with Gasteiger partial charge in [0.1, 0.15) is 0 Å². The number of hydrogen-bond donors (Lipinski definition) is 0. The molecule has 4 heteroatoms. The average Bonchev–Trinajstić information content (AvgIpc) is 3.68. The van der Waals surface area contributed by atoms with Crippen LogP contribution in [-0.4, -0.2) is 9.13 Å². The lowest BCUT2D eigenvalue weighted by Crippen LogP contribution is -2.24. The van der Waals surface area contributed by atoms with E-state index in [1.165, 1.54) is 98.1 Å². The van der Waals surface area contributed by atoms with Crippen LogP contribution in [0.2, 0.25) is 0 Å². The highest BCUT2D eigenvalue weighted by Crippen LogP contribution is 2.59. The van der Waals surface area contributed by atoms with Crippen LogP contribution >= 0.6 is 11.3 Å². The van der Waals surface area contributed by atoms with Crippen LogP contribution in [0.4, 0.5) is 17.1 Å². The Morgan fingerprint density at radius 2 is 1.48 bits per heavy atom. The van der Waals surface area contributed by atoms with E-state index in [2.05, 4.69) is 138 Å². The molecule has 3 aromatic heterocycles. The Morgan fingerprint density at radius 1 is 0.705 bits per heavy atom. The van der Waals surface area contributed by atoms with Crippen molar-refractivity contribution >= 4 is 87.4 Å². The van der Waals surface area contributed by atoms with Crippen molar-refractivity contribution in [2.24, 2.45) is 0 Å². The first-order valence-electron chi connectivity index (χ1n) is 15.4. The molecule has 0 amide bonds. The maximum absolute atomic E-state index is 3.99. The Morgan fingerprint density at radius 3 is 2.32 bits per heavy atom. The minimum atomic E-state index is 0.434. The molecule has 0 aliphatic carbocycles. The van der Waals surface area contributed by atoms with Crippen LogP contribution in [0.25, 0.3) is 70.3 Å². The Labute approximate surface area is 259 Å². The van der Waals surface area contributed by atoms with Crippen molar-refractivity contribution in [3.8, 4) is 11.4 Å². The third kappa shape index (κ3) is 2.78. The van der Waals surface area contributed by atoms with Gasteiger partial charge in [0.2, 0.25) is 0 Å². The summed E-state index contributed by atoms with van der Waals surface area (Å²) in [4.78, 5) is 2.57. The highest BCUT2D eigenvalue weighted by Gasteiger charge is 2.38. The molecule has 5 heterocycles. The molecular weight excluding hydrogens is 555 g/mol. The van der Waals surface area contributed by atoms with Gasteiger partial charge in [-0.1, -0.05) is 81.1 Å². The molecule has 8 aromatic rings. The first-order chi connectivity index (χ1) is 21.6. The van der Waals surface area contributed by atoms with E-state index < -0.39 is 0 Å². The number of benzene rings is 5. The highest BCUT2D eigenvalue weighted by molar-refractivity contribution is 7.25. The third-order valence-corrected chi connectivity index (χ3v) is 11.0. The van der Waals surface area contributed by atoms with Crippen molar-refractivity contribution < 1.29 is 0 Å². The molecule has 0 bridgehead atoms. The summed E-state index contributed by atoms with van der Waals surface area (Å²) in [5.74, 6) is 0.434. The van der Waals surface area contributed by atoms with E-state index in [1.54, 1.807) is 0 Å². The number of rotatable bonds is 3. The van der Waals surface area contributed by atoms with E-state index in [4.69, 9.17) is 0 Å². The van der Waals surface area contributed by atoms with Crippen molar-refractivity contribution in [1.82, 2.24) is 9.13 Å². The second-order valence-electron chi connectivity index (χ2n) is 12.4. The smallest absolute Gasteiger partial charge is 0.0960 e. The molecule has 0 N–H and O–H groups in total. The molecule has 0 fully saturated rings. The van der Waals surface area contributed by atoms with E-state index in [1.807, 2.05) is 17.4 Å². The van der Waals surface area contributed by atoms with Crippen molar-refractivity contribution in [2.45, 2.75) is 26.7 Å². The number of hydrogen-bond acceptors (Lipinski definition) is 2. The number of para-hydroxylation sites is 1. The van der Waals surface area contributed by atoms with Gasteiger partial charge in [-0.3, -0.25) is 0 Å². The minimum absolute atomic E-state index is 0.434. The second kappa shape index (κ2) is 8.31. The lowest BCUT2D eigenvalue weighted by atomic mass is 9.97. The van der Waals surface area contributed by atoms with Gasteiger partial charge < -0.3 is 14.0 Å². The van der Waals surface area contributed by atoms with Gasteiger partial charge in [0, 0.05) is 47.6 Å². The zero-order chi connectivity index (χ0) is 29.4. The zero-order valence-electron chi connectivity index (χ0n) is 24.8. The van der Waals surface area contributed by atoms with Gasteiger partial charge in [-0.2, -0.15) is 0 Å². The zero-order valence-corrected chi connectivity index (χ0v) is 25.7. The number of fused-ring (bicyclic) bond motifs is 13. The molecule has 210 valence electrons. The summed E-state index contributed by atoms with van der Waals surface area (Å²) < 4.78 is 7.75. The summed E-state index contributed by atoms with van der Waals surface area (Å²) in [5, 5.41) is 6.52. The standard InChI is InChI=1S/C40H29N3S/c1-5-6-11-25-23(4)41-33-20-24(22(2)3)16-17-31(33)42-32-18-19-35-36(27-13-8-10-15-34(27)44-35)39(32)43-30-14-9-7-12-26(30)29-21-28(25)37(41)40(42)38(29)43/h5-22H,1H2,2-4H3/b11-6-. The van der Waals surface area contributed by atoms with Gasteiger partial charge >= 0.3 is 0 Å². The fraction of sp³-hybridized carbons (Fsp3) is 0.100. The quantitative estimate of drug-likeness (QED) is 0.189. The summed E-state index contributed by atoms with van der Waals surface area (Å²) in [5.41, 5.74) is 13.9. The Hall–Kier alpha value is -5.06. The fourth-order valence-electron chi connectivity index (χ4n) is 7.96. The summed E-state index contributed by atoms with van der Waals surface area (Å²) in [6, 6.07) is 32.1. The van der Waals surface area contributed by atoms with Gasteiger partial charge in [0.15, 0.2) is 0 Å². The minimum Gasteiger partial charge on any atom is -0.309 e. The molecule has 0 spiro atoms. The number of allylic oxidation sites excluding steroid dienone is 2. The second-order valence-corrected chi connectivity index (χ2v) is 13.5. The molecule has 10 rings (SSSR count). The van der Waals surface area contributed by atoms with Crippen molar-refractivity contribution in [1.29, 1.82) is 0 Å². The van der Waals surface area contributed by atoms with Crippen LogP contribution in [0.1, 0.15) is 36.6 Å². The molecule has 2 aliphatic heterocycles. The molecule has 0 saturated heterocycles. The fourth-order valence-corrected chi connectivity index (χ4v) is 9.07. The topological polar surface area (TPSA) is 13.1 Å². The molecule has 44 heavy (non-hydrogen) atoms. The van der Waals surface area contributed by atoms with Gasteiger partial charge in [-0.15, -0.1) is 11.3 Å². The Bertz CT molecular complexity index is 2620. The van der Waals surface area contributed by atoms with Crippen LogP contribution < -0.4 is 4.90 Å². The lowest BCUT2D eigenvalue weighted by Gasteiger charge is -2.38. The number of nitrogens with zero attached hydrogens (tertiary/aromatic N) is 3. The number of thiophene rings is 1. The monoisotopic (exact) mass is 583 g/mol. The van der Waals surface area contributed by atoms with E-state index in [0.717, 1.165) is 0 Å². The first kappa shape index (κ1) is 24.4. The van der Waals surface area contributed by atoms with Crippen LogP contribution in [0.15, 0.2) is 104 Å². The van der Waals surface area contributed by atoms with E-state index >= 15 is 0 Å². The maximum Gasteiger partial charge on any atom is 0.0960 e. The molecule has 0 atom stereocenters. The predicted molar refractivity (Wildman–Crippen MR) is 190 cm³/mol. The summed E-state index contributed by atoms with van der Waals surface area (Å²) in [7, 11) is 0. The molecule has 3 nitrogen and oxygen atoms in total. The normalized spacial score (nSPS) is 13.5. The summed E-state index contributed by atoms with van der Waals surface area (Å²) in [6.45, 7) is 10.8. The first-order valence-corrected chi connectivity index (χ1v) is 16.2. The van der Waals surface area contributed by atoms with Crippen LogP contribution in [0.5, 0.6) is 0 Å². The van der Waals surface area contributed by atoms with Crippen molar-refractivity contribution in [3.63, 3.8) is 0 Å². The third-order valence-electron chi connectivity index (χ3n) is 9.87. The Kier molecular flexibility index (Phi) is 4.61. The molecule has 2 aliphatic rings. The molecule has 0 unspecified atom stereocenters. The van der Waals surface area contributed by atoms with Crippen molar-refractivity contribution in [2.75, 3.05) is 4.90 Å². The summed E-state index contributed by atoms with van der Waals surface area (Å²) >= 11 is 1.89. The average molecular weight is 584 g/mol. The molecule has 5 aromatic carbocycles. The molecular formula is C40H29N3S. The predicted octanol–water partition coefficient (Wildman–Crippen LogP) is 11.8. The van der Waals surface area contributed by atoms with Crippen LogP contribution in [0.3, 0.4) is 0 Å². The number of anilines is 3. The molecule has 0 saturated carbocycles. The highest BCUT2D eigenvalue weighted by atomic mass is 32.1. The van der Waals surface area contributed by atoms with Gasteiger partial charge in [0.25, 0.3) is 0 Å². The lowest BCUT2D eigenvalue weighted by molar-refractivity contribution is 0.861. The summed E-state index contributed by atoms with van der Waals surface area (Å²) in [6.07, 6.45) is 6.18. The molecule has 0 radical (unpaired) electrons. The number of aromatic nitrogens is 2. The van der Waals surface area contributed by atoms with E-state index in [9.17, 15) is 0 Å². The largest absolute Gasteiger partial charge is 0.309 e. The van der Waals surface area contributed by atoms with Gasteiger partial charge in [-0.05, 0) is 60.9 Å². The van der Waals surface area contributed by atoms with E-state index in [0.29, 0.717) is 5.92 Å². The SMILES string of the molecule is C=C/C=C\c1c(C)n2c3c4c5c(cc13)c1ccccc1n5-c1c(ccc3sc5ccccc5c13)N4c1ccc(C(C)C)cc1-2. The van der Waals surface area contributed by atoms with Crippen LogP contribution in [-0.2, 0) is 0 Å². The van der Waals surface area contributed by atoms with Gasteiger partial charge in [0.05, 0.1) is 45.0 Å². The maximum atomic E-state index is 3.99. The van der Waals surface area contributed by atoms with Crippen molar-refractivity contribution in [3.05, 3.63) is 120 Å². The van der Waals surface area contributed by atoms with E-state index in [-0.39, 0.29) is 0 Å².